The molecule has 2 atom stereocenters. The molecule has 1 N–H and O–H groups in total. The van der Waals surface area contributed by atoms with Gasteiger partial charge in [-0.1, -0.05) is 6.07 Å². The lowest BCUT2D eigenvalue weighted by Crippen LogP contribution is -2.49. The molecule has 0 radical (unpaired) electrons. The highest BCUT2D eigenvalue weighted by Crippen LogP contribution is 2.36. The number of amides is 1. The Bertz CT molecular complexity index is 1450. The maximum atomic E-state index is 15.3. The number of carbonyl (C=O) groups is 1. The predicted molar refractivity (Wildman–Crippen MR) is 128 cm³/mol. The Morgan fingerprint density at radius 2 is 2.11 bits per heavy atom. The molecule has 5 rings (SSSR count). The van der Waals surface area contributed by atoms with Crippen LogP contribution in [0.25, 0.3) is 27.7 Å². The molecule has 1 saturated heterocycles. The molecule has 1 aliphatic rings. The van der Waals surface area contributed by atoms with E-state index in [-0.39, 0.29) is 36.4 Å². The molecule has 1 aliphatic heterocycles. The van der Waals surface area contributed by atoms with Gasteiger partial charge in [-0.05, 0) is 31.0 Å². The zero-order valence-electron chi connectivity index (χ0n) is 20.1. The summed E-state index contributed by atoms with van der Waals surface area (Å²) in [5.41, 5.74) is 2.43. The molecule has 4 aromatic rings. The van der Waals surface area contributed by atoms with Crippen LogP contribution in [0.5, 0.6) is 5.88 Å². The summed E-state index contributed by atoms with van der Waals surface area (Å²) in [4.78, 5) is 21.8. The summed E-state index contributed by atoms with van der Waals surface area (Å²) in [5.74, 6) is 0.129. The van der Waals surface area contributed by atoms with Gasteiger partial charge in [-0.2, -0.15) is 4.98 Å². The zero-order valence-corrected chi connectivity index (χ0v) is 20.1. The number of rotatable bonds is 6. The highest BCUT2D eigenvalue weighted by atomic mass is 19.1. The van der Waals surface area contributed by atoms with E-state index < -0.39 is 24.7 Å². The van der Waals surface area contributed by atoms with Crippen LogP contribution in [0.4, 0.5) is 19.1 Å². The van der Waals surface area contributed by atoms with Crippen molar-refractivity contribution in [2.75, 3.05) is 32.2 Å². The van der Waals surface area contributed by atoms with Gasteiger partial charge in [-0.25, -0.2) is 22.7 Å². The number of aromatic nitrogens is 5. The lowest BCUT2D eigenvalue weighted by Gasteiger charge is -2.34. The number of nitrogens with zero attached hydrogens (tertiary/aromatic N) is 6. The van der Waals surface area contributed by atoms with Crippen LogP contribution in [0.2, 0.25) is 0 Å². The number of piperidine rings is 1. The number of fused-ring (bicyclic) bond motifs is 2. The summed E-state index contributed by atoms with van der Waals surface area (Å²) >= 11 is 0. The Morgan fingerprint density at radius 1 is 1.31 bits per heavy atom. The van der Waals surface area contributed by atoms with E-state index in [0.29, 0.717) is 40.9 Å². The normalized spacial score (nSPS) is 18.2. The molecule has 4 heterocycles. The summed E-state index contributed by atoms with van der Waals surface area (Å²) in [5, 5.41) is 7.32. The second-order valence-corrected chi connectivity index (χ2v) is 8.81. The van der Waals surface area contributed by atoms with Gasteiger partial charge in [0.2, 0.25) is 17.7 Å². The molecular weight excluding hydrogens is 475 g/mol. The quantitative estimate of drug-likeness (QED) is 0.435. The number of aryl methyl sites for hydroxylation is 2. The molecule has 1 fully saturated rings. The SMILES string of the molecule is COc1nc(N[C@H]2CCN(C(C)=O)C[C@H]2F)nn2cc(F)c(-c3ccc4nc(C)n(CCF)c4c3)c12. The molecule has 1 aromatic carbocycles. The van der Waals surface area contributed by atoms with Crippen LogP contribution in [0, 0.1) is 12.7 Å². The molecule has 3 aromatic heterocycles. The van der Waals surface area contributed by atoms with Gasteiger partial charge in [0, 0.05) is 13.5 Å². The Kier molecular flexibility index (Phi) is 6.19. The van der Waals surface area contributed by atoms with Gasteiger partial charge in [0.15, 0.2) is 5.82 Å². The van der Waals surface area contributed by atoms with E-state index in [4.69, 9.17) is 4.74 Å². The number of hydrogen-bond donors (Lipinski definition) is 1. The summed E-state index contributed by atoms with van der Waals surface area (Å²) in [6.45, 7) is 3.19. The van der Waals surface area contributed by atoms with Crippen molar-refractivity contribution < 1.29 is 22.7 Å². The van der Waals surface area contributed by atoms with Crippen LogP contribution in [-0.4, -0.2) is 74.0 Å². The number of nitrogens with one attached hydrogen (secondary N) is 1. The predicted octanol–water partition coefficient (Wildman–Crippen LogP) is 3.54. The Labute approximate surface area is 204 Å². The van der Waals surface area contributed by atoms with Crippen molar-refractivity contribution in [1.29, 1.82) is 0 Å². The number of hydrogen-bond acceptors (Lipinski definition) is 6. The number of methoxy groups -OCH3 is 1. The fourth-order valence-electron chi connectivity index (χ4n) is 4.78. The van der Waals surface area contributed by atoms with Gasteiger partial charge >= 0.3 is 0 Å². The highest BCUT2D eigenvalue weighted by molar-refractivity contribution is 5.90. The van der Waals surface area contributed by atoms with Gasteiger partial charge < -0.3 is 19.5 Å². The molecule has 0 bridgehead atoms. The van der Waals surface area contributed by atoms with Crippen molar-refractivity contribution in [3.05, 3.63) is 36.0 Å². The number of ether oxygens (including phenoxy) is 1. The van der Waals surface area contributed by atoms with Crippen LogP contribution in [0.1, 0.15) is 19.2 Å². The molecular formula is C24H26F3N7O2. The largest absolute Gasteiger partial charge is 0.479 e. The Balaban J connectivity index is 1.53. The summed E-state index contributed by atoms with van der Waals surface area (Å²) in [6, 6.07) is 4.64. The lowest BCUT2D eigenvalue weighted by molar-refractivity contribution is -0.131. The van der Waals surface area contributed by atoms with Crippen LogP contribution < -0.4 is 10.1 Å². The number of alkyl halides is 2. The minimum Gasteiger partial charge on any atom is -0.479 e. The van der Waals surface area contributed by atoms with Crippen LogP contribution >= 0.6 is 0 Å². The van der Waals surface area contributed by atoms with Crippen molar-refractivity contribution in [2.45, 2.75) is 39.0 Å². The van der Waals surface area contributed by atoms with Crippen molar-refractivity contribution >= 4 is 28.4 Å². The maximum absolute atomic E-state index is 15.3. The molecule has 0 aliphatic carbocycles. The average Bonchev–Trinajstić information content (AvgIpc) is 3.34. The first kappa shape index (κ1) is 23.9. The molecule has 1 amide bonds. The molecule has 190 valence electrons. The second kappa shape index (κ2) is 9.32. The highest BCUT2D eigenvalue weighted by Gasteiger charge is 2.31. The molecule has 0 saturated carbocycles. The minimum atomic E-state index is -1.31. The Morgan fingerprint density at radius 3 is 2.81 bits per heavy atom. The van der Waals surface area contributed by atoms with Crippen molar-refractivity contribution in [2.24, 2.45) is 0 Å². The van der Waals surface area contributed by atoms with Gasteiger partial charge in [-0.3, -0.25) is 4.79 Å². The fourth-order valence-corrected chi connectivity index (χ4v) is 4.78. The topological polar surface area (TPSA) is 89.6 Å². The molecule has 12 heteroatoms. The van der Waals surface area contributed by atoms with Crippen molar-refractivity contribution in [1.82, 2.24) is 29.0 Å². The maximum Gasteiger partial charge on any atom is 0.244 e. The molecule has 9 nitrogen and oxygen atoms in total. The van der Waals surface area contributed by atoms with Crippen molar-refractivity contribution in [3.8, 4) is 17.0 Å². The number of anilines is 1. The zero-order chi connectivity index (χ0) is 25.6. The number of likely N-dealkylation sites (tertiary alicyclic amines) is 1. The lowest BCUT2D eigenvalue weighted by atomic mass is 10.0. The summed E-state index contributed by atoms with van der Waals surface area (Å²) in [6.07, 6.45) is 0.274. The van der Waals surface area contributed by atoms with E-state index in [1.807, 2.05) is 0 Å². The van der Waals surface area contributed by atoms with E-state index in [1.165, 1.54) is 29.6 Å². The number of carbonyl (C=O) groups excluding carboxylic acids is 1. The molecule has 0 unspecified atom stereocenters. The molecule has 0 spiro atoms. The smallest absolute Gasteiger partial charge is 0.244 e. The van der Waals surface area contributed by atoms with Gasteiger partial charge in [0.25, 0.3) is 0 Å². The number of benzene rings is 1. The standard InChI is InChI=1S/C24H26F3N7O2/c1-13-28-19-5-4-15(10-20(19)33(13)9-7-25)21-17(27)12-34-22(21)23(36-3)30-24(31-34)29-18-6-8-32(14(2)35)11-16(18)26/h4-5,10,12,16,18H,6-9,11H2,1-3H3,(H,29,31)/t16-,18+/m1/s1. The summed E-state index contributed by atoms with van der Waals surface area (Å²) < 4.78 is 51.6. The van der Waals surface area contributed by atoms with E-state index in [9.17, 15) is 13.6 Å². The Hall–Kier alpha value is -3.83. The minimum absolute atomic E-state index is 0.0182. The van der Waals surface area contributed by atoms with Crippen molar-refractivity contribution in [3.63, 3.8) is 0 Å². The fraction of sp³-hybridized carbons (Fsp3) is 0.417. The van der Waals surface area contributed by atoms with E-state index in [2.05, 4.69) is 20.4 Å². The van der Waals surface area contributed by atoms with Gasteiger partial charge in [0.05, 0.1) is 49.0 Å². The first-order chi connectivity index (χ1) is 17.3. The first-order valence-electron chi connectivity index (χ1n) is 11.6. The van der Waals surface area contributed by atoms with Gasteiger partial charge in [-0.15, -0.1) is 5.10 Å². The first-order valence-corrected chi connectivity index (χ1v) is 11.6. The van der Waals surface area contributed by atoms with E-state index in [0.717, 1.165) is 0 Å². The monoisotopic (exact) mass is 501 g/mol. The van der Waals surface area contributed by atoms with Crippen LogP contribution in [-0.2, 0) is 11.3 Å². The molecule has 36 heavy (non-hydrogen) atoms. The van der Waals surface area contributed by atoms with Crippen LogP contribution in [0.3, 0.4) is 0 Å². The number of halogens is 3. The van der Waals surface area contributed by atoms with Crippen LogP contribution in [0.15, 0.2) is 24.4 Å². The summed E-state index contributed by atoms with van der Waals surface area (Å²) in [7, 11) is 1.41. The third-order valence-corrected chi connectivity index (χ3v) is 6.58. The third kappa shape index (κ3) is 4.10. The van der Waals surface area contributed by atoms with E-state index in [1.54, 1.807) is 29.7 Å². The second-order valence-electron chi connectivity index (χ2n) is 8.81. The number of imidazole rings is 1. The van der Waals surface area contributed by atoms with E-state index >= 15 is 4.39 Å². The van der Waals surface area contributed by atoms with Gasteiger partial charge in [0.1, 0.15) is 24.2 Å². The third-order valence-electron chi connectivity index (χ3n) is 6.58. The average molecular weight is 502 g/mol.